The molecule has 0 aromatic rings. The van der Waals surface area contributed by atoms with Gasteiger partial charge in [-0.25, -0.2) is 0 Å². The molecule has 0 saturated carbocycles. The first kappa shape index (κ1) is 12.3. The van der Waals surface area contributed by atoms with E-state index in [2.05, 4.69) is 74.6 Å². The van der Waals surface area contributed by atoms with Gasteiger partial charge in [0.05, 0.1) is 0 Å². The highest BCUT2D eigenvalue weighted by Crippen LogP contribution is 2.67. The lowest BCUT2D eigenvalue weighted by molar-refractivity contribution is 0.138. The number of hydrogen-bond acceptors (Lipinski definition) is 1. The van der Waals surface area contributed by atoms with E-state index in [0.717, 1.165) is 0 Å². The zero-order valence-corrected chi connectivity index (χ0v) is 13.3. The molecule has 6 rings (SSSR count). The highest BCUT2D eigenvalue weighted by atomic mass is 16.5. The standard InChI is InChI=1S/C22H18O/c1-21-13-4-3-5-14(21)8-9-17-20-16(18-10-11-19(20)23-18)12-15(7-6-13)22(17,21)2/h3-12,18-19H,1-2H3/t18?,19?,21-,22-/m0/s1. The van der Waals surface area contributed by atoms with E-state index in [1.807, 2.05) is 0 Å². The summed E-state index contributed by atoms with van der Waals surface area (Å²) in [5, 5.41) is 0. The normalized spacial score (nSPS) is 43.7. The van der Waals surface area contributed by atoms with Gasteiger partial charge >= 0.3 is 0 Å². The minimum absolute atomic E-state index is 0.0104. The SMILES string of the molecule is C[C@@]12C3=CC=CC1=CC=C1C=C4C(=C(C=C3)[C@]12C)C1C=CC4O1. The van der Waals surface area contributed by atoms with Crippen LogP contribution >= 0.6 is 0 Å². The van der Waals surface area contributed by atoms with Gasteiger partial charge in [-0.3, -0.25) is 0 Å². The molecule has 2 unspecified atom stereocenters. The molecule has 4 atom stereocenters. The van der Waals surface area contributed by atoms with Crippen LogP contribution in [0.2, 0.25) is 0 Å². The van der Waals surface area contributed by atoms with Crippen molar-refractivity contribution in [2.45, 2.75) is 26.1 Å². The van der Waals surface area contributed by atoms with Crippen molar-refractivity contribution in [3.05, 3.63) is 94.2 Å². The summed E-state index contributed by atoms with van der Waals surface area (Å²) >= 11 is 0. The van der Waals surface area contributed by atoms with Crippen LogP contribution in [0.3, 0.4) is 0 Å². The van der Waals surface area contributed by atoms with E-state index in [-0.39, 0.29) is 23.0 Å². The third-order valence-corrected chi connectivity index (χ3v) is 6.95. The molecule has 0 spiro atoms. The van der Waals surface area contributed by atoms with Crippen LogP contribution in [-0.2, 0) is 4.74 Å². The van der Waals surface area contributed by atoms with Crippen molar-refractivity contribution in [3.8, 4) is 0 Å². The maximum Gasteiger partial charge on any atom is 0.103 e. The molecule has 1 nitrogen and oxygen atoms in total. The average molecular weight is 298 g/mol. The molecule has 23 heavy (non-hydrogen) atoms. The Morgan fingerprint density at radius 3 is 2.52 bits per heavy atom. The minimum Gasteiger partial charge on any atom is -0.357 e. The van der Waals surface area contributed by atoms with E-state index < -0.39 is 0 Å². The second-order valence-corrected chi connectivity index (χ2v) is 7.60. The Hall–Kier alpha value is -2.12. The fraction of sp³-hybridized carbons (Fsp3) is 0.273. The molecule has 0 amide bonds. The predicted molar refractivity (Wildman–Crippen MR) is 91.7 cm³/mol. The van der Waals surface area contributed by atoms with Gasteiger partial charge in [-0.15, -0.1) is 0 Å². The van der Waals surface area contributed by atoms with Gasteiger partial charge in [-0.1, -0.05) is 74.6 Å². The van der Waals surface area contributed by atoms with E-state index in [4.69, 9.17) is 4.74 Å². The van der Waals surface area contributed by atoms with Gasteiger partial charge in [0.2, 0.25) is 0 Å². The van der Waals surface area contributed by atoms with E-state index in [1.165, 1.54) is 33.4 Å². The van der Waals surface area contributed by atoms with Gasteiger partial charge in [0.25, 0.3) is 0 Å². The molecule has 2 heterocycles. The van der Waals surface area contributed by atoms with Crippen molar-refractivity contribution >= 4 is 0 Å². The molecule has 0 N–H and O–H groups in total. The highest BCUT2D eigenvalue weighted by molar-refractivity contribution is 5.72. The fourth-order valence-electron chi connectivity index (χ4n) is 5.47. The summed E-state index contributed by atoms with van der Waals surface area (Å²) in [6, 6.07) is 0. The van der Waals surface area contributed by atoms with Gasteiger partial charge in [-0.05, 0) is 33.4 Å². The van der Waals surface area contributed by atoms with E-state index in [1.54, 1.807) is 0 Å². The molecule has 0 radical (unpaired) electrons. The summed E-state index contributed by atoms with van der Waals surface area (Å²) in [5.41, 5.74) is 8.51. The number of ether oxygens (including phenoxy) is 1. The molecule has 1 saturated heterocycles. The Morgan fingerprint density at radius 2 is 1.61 bits per heavy atom. The van der Waals surface area contributed by atoms with Gasteiger partial charge in [0.15, 0.2) is 0 Å². The van der Waals surface area contributed by atoms with Crippen LogP contribution in [-0.4, -0.2) is 12.2 Å². The van der Waals surface area contributed by atoms with Crippen molar-refractivity contribution in [1.82, 2.24) is 0 Å². The summed E-state index contributed by atoms with van der Waals surface area (Å²) in [4.78, 5) is 0. The summed E-state index contributed by atoms with van der Waals surface area (Å²) in [5.74, 6) is 0. The molecule has 1 heteroatoms. The summed E-state index contributed by atoms with van der Waals surface area (Å²) in [6.45, 7) is 4.83. The van der Waals surface area contributed by atoms with Gasteiger partial charge in [-0.2, -0.15) is 0 Å². The van der Waals surface area contributed by atoms with Crippen molar-refractivity contribution in [1.29, 1.82) is 0 Å². The van der Waals surface area contributed by atoms with Crippen LogP contribution in [0.1, 0.15) is 13.8 Å². The predicted octanol–water partition coefficient (Wildman–Crippen LogP) is 4.51. The minimum atomic E-state index is -0.0110. The first-order valence-corrected chi connectivity index (χ1v) is 8.44. The van der Waals surface area contributed by atoms with E-state index >= 15 is 0 Å². The van der Waals surface area contributed by atoms with Crippen molar-refractivity contribution in [2.75, 3.05) is 0 Å². The van der Waals surface area contributed by atoms with E-state index in [9.17, 15) is 0 Å². The smallest absolute Gasteiger partial charge is 0.103 e. The Morgan fingerprint density at radius 1 is 0.826 bits per heavy atom. The molecule has 2 aliphatic heterocycles. The third kappa shape index (κ3) is 1.10. The number of rotatable bonds is 0. The second-order valence-electron chi connectivity index (χ2n) is 7.60. The lowest BCUT2D eigenvalue weighted by Gasteiger charge is -2.56. The summed E-state index contributed by atoms with van der Waals surface area (Å²) in [6.07, 6.45) is 23.2. The van der Waals surface area contributed by atoms with Crippen LogP contribution in [0.25, 0.3) is 0 Å². The maximum atomic E-state index is 6.14. The van der Waals surface area contributed by atoms with Gasteiger partial charge in [0, 0.05) is 10.8 Å². The second kappa shape index (κ2) is 3.52. The van der Waals surface area contributed by atoms with Crippen LogP contribution < -0.4 is 0 Å². The zero-order valence-electron chi connectivity index (χ0n) is 13.3. The van der Waals surface area contributed by atoms with Gasteiger partial charge in [0.1, 0.15) is 12.2 Å². The van der Waals surface area contributed by atoms with Crippen LogP contribution in [0.15, 0.2) is 94.2 Å². The molecule has 2 bridgehead atoms. The first-order chi connectivity index (χ1) is 11.1. The molecular weight excluding hydrogens is 280 g/mol. The maximum absolute atomic E-state index is 6.14. The average Bonchev–Trinajstić information content (AvgIpc) is 3.14. The van der Waals surface area contributed by atoms with Gasteiger partial charge < -0.3 is 4.74 Å². The molecular formula is C22H18O. The topological polar surface area (TPSA) is 9.23 Å². The molecule has 4 aliphatic carbocycles. The Bertz CT molecular complexity index is 927. The highest BCUT2D eigenvalue weighted by Gasteiger charge is 2.58. The van der Waals surface area contributed by atoms with Crippen molar-refractivity contribution < 1.29 is 4.74 Å². The number of fused-ring (bicyclic) bond motifs is 5. The molecule has 0 aromatic heterocycles. The fourth-order valence-corrected chi connectivity index (χ4v) is 5.47. The summed E-state index contributed by atoms with van der Waals surface area (Å²) < 4.78 is 6.14. The summed E-state index contributed by atoms with van der Waals surface area (Å²) in [7, 11) is 0. The molecule has 6 aliphatic rings. The lowest BCUT2D eigenvalue weighted by atomic mass is 9.45. The Kier molecular flexibility index (Phi) is 1.88. The molecule has 112 valence electrons. The van der Waals surface area contributed by atoms with Crippen molar-refractivity contribution in [2.24, 2.45) is 10.8 Å². The van der Waals surface area contributed by atoms with Crippen LogP contribution in [0.5, 0.6) is 0 Å². The zero-order chi connectivity index (χ0) is 15.4. The Balaban J connectivity index is 1.76. The van der Waals surface area contributed by atoms with Crippen LogP contribution in [0, 0.1) is 10.8 Å². The number of hydrogen-bond donors (Lipinski definition) is 0. The lowest BCUT2D eigenvalue weighted by Crippen LogP contribution is -2.48. The Labute approximate surface area is 136 Å². The number of allylic oxidation sites excluding steroid dienone is 12. The quantitative estimate of drug-likeness (QED) is 0.598. The monoisotopic (exact) mass is 298 g/mol. The third-order valence-electron chi connectivity index (χ3n) is 6.95. The molecule has 0 aromatic carbocycles. The molecule has 1 fully saturated rings. The largest absolute Gasteiger partial charge is 0.357 e. The first-order valence-electron chi connectivity index (χ1n) is 8.44. The van der Waals surface area contributed by atoms with E-state index in [0.29, 0.717) is 0 Å². The van der Waals surface area contributed by atoms with Crippen molar-refractivity contribution in [3.63, 3.8) is 0 Å². The van der Waals surface area contributed by atoms with Crippen LogP contribution in [0.4, 0.5) is 0 Å².